The number of hydrogen-bond acceptors (Lipinski definition) is 1. The minimum atomic E-state index is -4.67. The van der Waals surface area contributed by atoms with Gasteiger partial charge in [-0.25, -0.2) is 0 Å². The van der Waals surface area contributed by atoms with Gasteiger partial charge in [-0.05, 0) is 18.1 Å². The van der Waals surface area contributed by atoms with Crippen LogP contribution in [0.3, 0.4) is 0 Å². The highest BCUT2D eigenvalue weighted by Gasteiger charge is 2.32. The van der Waals surface area contributed by atoms with E-state index in [2.05, 4.69) is 17.9 Å². The van der Waals surface area contributed by atoms with Gasteiger partial charge in [-0.3, -0.25) is 0 Å². The van der Waals surface area contributed by atoms with Crippen LogP contribution in [0.2, 0.25) is 0 Å². The Morgan fingerprint density at radius 2 is 2.00 bits per heavy atom. The SMILES string of the molecule is C=C/C=C(/OC(F)(F)F)C(=C)CC. The molecule has 0 aromatic heterocycles. The van der Waals surface area contributed by atoms with E-state index in [1.807, 2.05) is 0 Å². The Morgan fingerprint density at radius 3 is 2.31 bits per heavy atom. The second-order valence-corrected chi connectivity index (χ2v) is 2.27. The molecular weight excluding hydrogens is 181 g/mol. The zero-order valence-corrected chi connectivity index (χ0v) is 7.32. The number of rotatable bonds is 4. The first-order valence-corrected chi connectivity index (χ1v) is 3.67. The molecule has 0 heterocycles. The first-order valence-electron chi connectivity index (χ1n) is 3.67. The normalized spacial score (nSPS) is 12.5. The molecule has 0 aromatic carbocycles. The molecule has 0 atom stereocenters. The van der Waals surface area contributed by atoms with Crippen LogP contribution in [0.25, 0.3) is 0 Å². The molecule has 0 amide bonds. The Morgan fingerprint density at radius 1 is 1.46 bits per heavy atom. The van der Waals surface area contributed by atoms with Gasteiger partial charge in [0.1, 0.15) is 5.76 Å². The van der Waals surface area contributed by atoms with Crippen LogP contribution in [0, 0.1) is 0 Å². The summed E-state index contributed by atoms with van der Waals surface area (Å²) >= 11 is 0. The summed E-state index contributed by atoms with van der Waals surface area (Å²) < 4.78 is 39.1. The van der Waals surface area contributed by atoms with Crippen molar-refractivity contribution in [2.75, 3.05) is 0 Å². The van der Waals surface area contributed by atoms with Crippen LogP contribution in [-0.2, 0) is 4.74 Å². The van der Waals surface area contributed by atoms with E-state index >= 15 is 0 Å². The molecule has 0 saturated carbocycles. The maximum absolute atomic E-state index is 11.8. The van der Waals surface area contributed by atoms with Crippen molar-refractivity contribution in [3.63, 3.8) is 0 Å². The quantitative estimate of drug-likeness (QED) is 0.488. The fourth-order valence-electron chi connectivity index (χ4n) is 0.630. The van der Waals surface area contributed by atoms with Gasteiger partial charge in [0, 0.05) is 0 Å². The molecule has 0 radical (unpaired) electrons. The molecule has 1 nitrogen and oxygen atoms in total. The maximum atomic E-state index is 11.8. The lowest BCUT2D eigenvalue weighted by molar-refractivity contribution is -0.304. The Bertz CT molecular complexity index is 226. The third kappa shape index (κ3) is 5.11. The van der Waals surface area contributed by atoms with Crippen LogP contribution in [0.15, 0.2) is 36.6 Å². The standard InChI is InChI=1S/C9H11F3O/c1-4-6-8(7(3)5-2)13-9(10,11)12/h4,6H,1,3,5H2,2H3/b8-6+. The van der Waals surface area contributed by atoms with Gasteiger partial charge in [-0.1, -0.05) is 26.2 Å². The van der Waals surface area contributed by atoms with Gasteiger partial charge in [-0.15, -0.1) is 13.2 Å². The average molecular weight is 192 g/mol. The highest BCUT2D eigenvalue weighted by atomic mass is 19.4. The number of hydrogen-bond donors (Lipinski definition) is 0. The molecule has 74 valence electrons. The van der Waals surface area contributed by atoms with Gasteiger partial charge in [0.2, 0.25) is 0 Å². The fourth-order valence-corrected chi connectivity index (χ4v) is 0.630. The average Bonchev–Trinajstić information content (AvgIpc) is 2.00. The van der Waals surface area contributed by atoms with Crippen molar-refractivity contribution in [1.82, 2.24) is 0 Å². The Kier molecular flexibility index (Phi) is 4.31. The van der Waals surface area contributed by atoms with E-state index in [0.717, 1.165) is 6.08 Å². The maximum Gasteiger partial charge on any atom is 0.573 e. The van der Waals surface area contributed by atoms with Gasteiger partial charge in [0.15, 0.2) is 0 Å². The predicted octanol–water partition coefficient (Wildman–Crippen LogP) is 3.56. The zero-order chi connectivity index (χ0) is 10.5. The number of halogens is 3. The molecule has 0 N–H and O–H groups in total. The molecule has 13 heavy (non-hydrogen) atoms. The minimum Gasteiger partial charge on any atom is -0.406 e. The monoisotopic (exact) mass is 192 g/mol. The molecule has 4 heteroatoms. The van der Waals surface area contributed by atoms with E-state index in [1.54, 1.807) is 6.92 Å². The van der Waals surface area contributed by atoms with Crippen molar-refractivity contribution in [2.24, 2.45) is 0 Å². The van der Waals surface area contributed by atoms with E-state index in [0.29, 0.717) is 6.42 Å². The van der Waals surface area contributed by atoms with Crippen LogP contribution in [0.5, 0.6) is 0 Å². The Hall–Kier alpha value is -1.19. The van der Waals surface area contributed by atoms with Gasteiger partial charge in [0.05, 0.1) is 0 Å². The smallest absolute Gasteiger partial charge is 0.406 e. The molecule has 0 aliphatic heterocycles. The van der Waals surface area contributed by atoms with Crippen molar-refractivity contribution in [3.8, 4) is 0 Å². The molecule has 0 bridgehead atoms. The number of ether oxygens (including phenoxy) is 1. The molecule has 0 spiro atoms. The summed E-state index contributed by atoms with van der Waals surface area (Å²) in [7, 11) is 0. The highest BCUT2D eigenvalue weighted by Crippen LogP contribution is 2.25. The summed E-state index contributed by atoms with van der Waals surface area (Å²) in [4.78, 5) is 0. The number of alkyl halides is 3. The van der Waals surface area contributed by atoms with E-state index in [1.165, 1.54) is 6.08 Å². The summed E-state index contributed by atoms with van der Waals surface area (Å²) in [5.74, 6) is -0.287. The summed E-state index contributed by atoms with van der Waals surface area (Å²) in [6.07, 6.45) is -1.91. The van der Waals surface area contributed by atoms with Crippen LogP contribution >= 0.6 is 0 Å². The fraction of sp³-hybridized carbons (Fsp3) is 0.333. The highest BCUT2D eigenvalue weighted by molar-refractivity contribution is 5.25. The molecule has 0 rings (SSSR count). The largest absolute Gasteiger partial charge is 0.573 e. The second kappa shape index (κ2) is 4.74. The van der Waals surface area contributed by atoms with E-state index in [-0.39, 0.29) is 11.3 Å². The van der Waals surface area contributed by atoms with Crippen molar-refractivity contribution < 1.29 is 17.9 Å². The molecule has 0 aliphatic carbocycles. The second-order valence-electron chi connectivity index (χ2n) is 2.27. The van der Waals surface area contributed by atoms with Crippen molar-refractivity contribution in [1.29, 1.82) is 0 Å². The van der Waals surface area contributed by atoms with Gasteiger partial charge >= 0.3 is 6.36 Å². The number of allylic oxidation sites excluding steroid dienone is 3. The van der Waals surface area contributed by atoms with E-state index in [9.17, 15) is 13.2 Å². The predicted molar refractivity (Wildman–Crippen MR) is 44.9 cm³/mol. The molecule has 0 saturated heterocycles. The van der Waals surface area contributed by atoms with Gasteiger partial charge < -0.3 is 4.74 Å². The first-order chi connectivity index (χ1) is 5.90. The Labute approximate surface area is 75.2 Å². The van der Waals surface area contributed by atoms with Crippen LogP contribution in [-0.4, -0.2) is 6.36 Å². The lowest BCUT2D eigenvalue weighted by Gasteiger charge is -2.12. The summed E-state index contributed by atoms with van der Waals surface area (Å²) in [6.45, 7) is 8.41. The van der Waals surface area contributed by atoms with E-state index < -0.39 is 6.36 Å². The van der Waals surface area contributed by atoms with Crippen molar-refractivity contribution in [3.05, 3.63) is 36.6 Å². The Balaban J connectivity index is 4.55. The summed E-state index contributed by atoms with van der Waals surface area (Å²) in [5, 5.41) is 0. The van der Waals surface area contributed by atoms with Crippen molar-refractivity contribution >= 4 is 0 Å². The lowest BCUT2D eigenvalue weighted by Crippen LogP contribution is -2.13. The van der Waals surface area contributed by atoms with Crippen molar-refractivity contribution in [2.45, 2.75) is 19.7 Å². The van der Waals surface area contributed by atoms with E-state index in [4.69, 9.17) is 0 Å². The lowest BCUT2D eigenvalue weighted by atomic mass is 10.2. The molecule has 0 unspecified atom stereocenters. The summed E-state index contributed by atoms with van der Waals surface area (Å²) in [5.41, 5.74) is 0.289. The third-order valence-corrected chi connectivity index (χ3v) is 1.27. The molecule has 0 fully saturated rings. The molecule has 0 aliphatic rings. The molecular formula is C9H11F3O. The molecule has 0 aromatic rings. The third-order valence-electron chi connectivity index (χ3n) is 1.27. The van der Waals surface area contributed by atoms with Crippen LogP contribution in [0.4, 0.5) is 13.2 Å². The van der Waals surface area contributed by atoms with Gasteiger partial charge in [-0.2, -0.15) is 0 Å². The first kappa shape index (κ1) is 11.8. The van der Waals surface area contributed by atoms with Crippen LogP contribution in [0.1, 0.15) is 13.3 Å². The minimum absolute atomic E-state index is 0.287. The topological polar surface area (TPSA) is 9.23 Å². The van der Waals surface area contributed by atoms with Crippen LogP contribution < -0.4 is 0 Å². The summed E-state index contributed by atoms with van der Waals surface area (Å²) in [6, 6.07) is 0. The zero-order valence-electron chi connectivity index (χ0n) is 7.32. The van der Waals surface area contributed by atoms with Gasteiger partial charge in [0.25, 0.3) is 0 Å².